The molecule has 0 aliphatic carbocycles. The van der Waals surface area contributed by atoms with Crippen LogP contribution in [0.15, 0.2) is 24.3 Å². The van der Waals surface area contributed by atoms with Crippen molar-refractivity contribution in [3.63, 3.8) is 0 Å². The van der Waals surface area contributed by atoms with Crippen molar-refractivity contribution < 1.29 is 4.74 Å². The van der Waals surface area contributed by atoms with Crippen LogP contribution in [0.4, 0.5) is 0 Å². The van der Waals surface area contributed by atoms with Gasteiger partial charge in [0.1, 0.15) is 5.75 Å². The SMILES string of the molecule is CCOc1cccc(CNC2CC3CCCC(C2)N3C)c1. The Morgan fingerprint density at radius 2 is 2.00 bits per heavy atom. The van der Waals surface area contributed by atoms with Crippen LogP contribution in [0.5, 0.6) is 5.75 Å². The van der Waals surface area contributed by atoms with Crippen molar-refractivity contribution in [2.75, 3.05) is 13.7 Å². The van der Waals surface area contributed by atoms with Gasteiger partial charge in [0.25, 0.3) is 0 Å². The lowest BCUT2D eigenvalue weighted by Gasteiger charge is -2.47. The van der Waals surface area contributed by atoms with E-state index in [4.69, 9.17) is 4.74 Å². The van der Waals surface area contributed by atoms with Gasteiger partial charge in [0.15, 0.2) is 0 Å². The number of piperidine rings is 2. The molecule has 0 aromatic heterocycles. The second-order valence-electron chi connectivity index (χ2n) is 6.53. The molecule has 2 bridgehead atoms. The van der Waals surface area contributed by atoms with Crippen molar-refractivity contribution in [3.8, 4) is 5.75 Å². The molecule has 2 fully saturated rings. The molecule has 2 aliphatic rings. The highest BCUT2D eigenvalue weighted by molar-refractivity contribution is 5.28. The number of benzene rings is 1. The summed E-state index contributed by atoms with van der Waals surface area (Å²) in [5.74, 6) is 0.983. The number of ether oxygens (including phenoxy) is 1. The molecule has 2 aliphatic heterocycles. The molecular weight excluding hydrogens is 260 g/mol. The second-order valence-corrected chi connectivity index (χ2v) is 6.53. The lowest BCUT2D eigenvalue weighted by Crippen LogP contribution is -2.54. The van der Waals surface area contributed by atoms with Gasteiger partial charge in [-0.3, -0.25) is 0 Å². The third kappa shape index (κ3) is 3.58. The number of hydrogen-bond acceptors (Lipinski definition) is 3. The van der Waals surface area contributed by atoms with E-state index in [1.165, 1.54) is 37.7 Å². The predicted molar refractivity (Wildman–Crippen MR) is 86.7 cm³/mol. The van der Waals surface area contributed by atoms with Gasteiger partial charge < -0.3 is 15.0 Å². The predicted octanol–water partition coefficient (Wildman–Crippen LogP) is 3.19. The van der Waals surface area contributed by atoms with Crippen molar-refractivity contribution >= 4 is 0 Å². The van der Waals surface area contributed by atoms with Gasteiger partial charge in [0.05, 0.1) is 6.61 Å². The van der Waals surface area contributed by atoms with Crippen molar-refractivity contribution in [1.29, 1.82) is 0 Å². The van der Waals surface area contributed by atoms with Crippen LogP contribution in [0.2, 0.25) is 0 Å². The van der Waals surface area contributed by atoms with E-state index >= 15 is 0 Å². The van der Waals surface area contributed by atoms with E-state index < -0.39 is 0 Å². The Bertz CT molecular complexity index is 448. The summed E-state index contributed by atoms with van der Waals surface area (Å²) in [5, 5.41) is 3.77. The van der Waals surface area contributed by atoms with Gasteiger partial charge >= 0.3 is 0 Å². The Balaban J connectivity index is 1.54. The van der Waals surface area contributed by atoms with Crippen molar-refractivity contribution in [2.24, 2.45) is 0 Å². The fourth-order valence-corrected chi connectivity index (χ4v) is 3.96. The monoisotopic (exact) mass is 288 g/mol. The highest BCUT2D eigenvalue weighted by Gasteiger charge is 2.35. The van der Waals surface area contributed by atoms with E-state index in [0.29, 0.717) is 6.04 Å². The molecule has 3 heteroatoms. The number of nitrogens with zero attached hydrogens (tertiary/aromatic N) is 1. The molecule has 2 atom stereocenters. The van der Waals surface area contributed by atoms with E-state index in [1.54, 1.807) is 0 Å². The van der Waals surface area contributed by atoms with Gasteiger partial charge in [0.2, 0.25) is 0 Å². The number of hydrogen-bond donors (Lipinski definition) is 1. The first-order valence-electron chi connectivity index (χ1n) is 8.43. The molecule has 116 valence electrons. The number of nitrogens with one attached hydrogen (secondary N) is 1. The molecular formula is C18H28N2O. The summed E-state index contributed by atoms with van der Waals surface area (Å²) in [7, 11) is 2.32. The normalized spacial score (nSPS) is 29.3. The molecule has 3 nitrogen and oxygen atoms in total. The van der Waals surface area contributed by atoms with Crippen molar-refractivity contribution in [2.45, 2.75) is 63.7 Å². The van der Waals surface area contributed by atoms with Gasteiger partial charge in [-0.15, -0.1) is 0 Å². The summed E-state index contributed by atoms with van der Waals surface area (Å²) in [6.07, 6.45) is 6.79. The van der Waals surface area contributed by atoms with Gasteiger partial charge in [-0.1, -0.05) is 18.6 Å². The molecule has 0 saturated carbocycles. The van der Waals surface area contributed by atoms with E-state index in [2.05, 4.69) is 35.5 Å². The summed E-state index contributed by atoms with van der Waals surface area (Å²) in [4.78, 5) is 2.62. The smallest absolute Gasteiger partial charge is 0.119 e. The Labute approximate surface area is 128 Å². The zero-order valence-corrected chi connectivity index (χ0v) is 13.3. The van der Waals surface area contributed by atoms with Crippen LogP contribution in [0.3, 0.4) is 0 Å². The molecule has 2 saturated heterocycles. The fourth-order valence-electron chi connectivity index (χ4n) is 3.96. The Morgan fingerprint density at radius 1 is 1.24 bits per heavy atom. The van der Waals surface area contributed by atoms with E-state index in [0.717, 1.165) is 31.0 Å². The lowest BCUT2D eigenvalue weighted by molar-refractivity contribution is 0.0482. The Kier molecular flexibility index (Phi) is 4.81. The van der Waals surface area contributed by atoms with E-state index in [1.807, 2.05) is 13.0 Å². The Morgan fingerprint density at radius 3 is 2.71 bits per heavy atom. The van der Waals surface area contributed by atoms with Crippen LogP contribution in [-0.4, -0.2) is 36.7 Å². The maximum absolute atomic E-state index is 5.58. The molecule has 3 rings (SSSR count). The molecule has 0 radical (unpaired) electrons. The summed E-state index contributed by atoms with van der Waals surface area (Å²) in [5.41, 5.74) is 1.32. The van der Waals surface area contributed by atoms with E-state index in [9.17, 15) is 0 Å². The molecule has 1 aromatic rings. The summed E-state index contributed by atoms with van der Waals surface area (Å²) < 4.78 is 5.58. The third-order valence-corrected chi connectivity index (χ3v) is 5.14. The minimum absolute atomic E-state index is 0.673. The molecule has 2 heterocycles. The molecule has 1 aromatic carbocycles. The first kappa shape index (κ1) is 14.9. The lowest BCUT2D eigenvalue weighted by atomic mass is 9.82. The average Bonchev–Trinajstić information content (AvgIpc) is 2.46. The number of fused-ring (bicyclic) bond motifs is 2. The van der Waals surface area contributed by atoms with Gasteiger partial charge in [-0.25, -0.2) is 0 Å². The molecule has 1 N–H and O–H groups in total. The van der Waals surface area contributed by atoms with Crippen LogP contribution < -0.4 is 10.1 Å². The highest BCUT2D eigenvalue weighted by atomic mass is 16.5. The summed E-state index contributed by atoms with van der Waals surface area (Å²) >= 11 is 0. The summed E-state index contributed by atoms with van der Waals surface area (Å²) in [6, 6.07) is 10.7. The average molecular weight is 288 g/mol. The first-order valence-corrected chi connectivity index (χ1v) is 8.43. The van der Waals surface area contributed by atoms with Crippen LogP contribution in [0, 0.1) is 0 Å². The van der Waals surface area contributed by atoms with E-state index in [-0.39, 0.29) is 0 Å². The third-order valence-electron chi connectivity index (χ3n) is 5.14. The molecule has 0 amide bonds. The minimum atomic E-state index is 0.673. The Hall–Kier alpha value is -1.06. The van der Waals surface area contributed by atoms with Crippen LogP contribution in [0.25, 0.3) is 0 Å². The molecule has 21 heavy (non-hydrogen) atoms. The maximum Gasteiger partial charge on any atom is 0.119 e. The fraction of sp³-hybridized carbons (Fsp3) is 0.667. The highest BCUT2D eigenvalue weighted by Crippen LogP contribution is 2.32. The van der Waals surface area contributed by atoms with Gasteiger partial charge in [0, 0.05) is 24.7 Å². The van der Waals surface area contributed by atoms with Crippen LogP contribution in [0.1, 0.15) is 44.6 Å². The maximum atomic E-state index is 5.58. The minimum Gasteiger partial charge on any atom is -0.494 e. The number of rotatable bonds is 5. The molecule has 0 spiro atoms. The van der Waals surface area contributed by atoms with Gasteiger partial charge in [-0.05, 0) is 57.4 Å². The first-order chi connectivity index (χ1) is 10.3. The van der Waals surface area contributed by atoms with Crippen LogP contribution >= 0.6 is 0 Å². The quantitative estimate of drug-likeness (QED) is 0.900. The standard InChI is InChI=1S/C18H28N2O/c1-3-21-18-9-4-6-14(10-18)13-19-15-11-16-7-5-8-17(12-15)20(16)2/h4,6,9-10,15-17,19H,3,5,7-8,11-13H2,1-2H3. The second kappa shape index (κ2) is 6.80. The zero-order chi connectivity index (χ0) is 14.7. The summed E-state index contributed by atoms with van der Waals surface area (Å²) in [6.45, 7) is 3.71. The van der Waals surface area contributed by atoms with Crippen molar-refractivity contribution in [3.05, 3.63) is 29.8 Å². The zero-order valence-electron chi connectivity index (χ0n) is 13.3. The van der Waals surface area contributed by atoms with Gasteiger partial charge in [-0.2, -0.15) is 0 Å². The van der Waals surface area contributed by atoms with Crippen LogP contribution in [-0.2, 0) is 6.54 Å². The van der Waals surface area contributed by atoms with Crippen molar-refractivity contribution in [1.82, 2.24) is 10.2 Å². The largest absolute Gasteiger partial charge is 0.494 e. The molecule has 2 unspecified atom stereocenters. The topological polar surface area (TPSA) is 24.5 Å².